The van der Waals surface area contributed by atoms with E-state index in [0.29, 0.717) is 6.04 Å². The summed E-state index contributed by atoms with van der Waals surface area (Å²) >= 11 is 5.40. The van der Waals surface area contributed by atoms with Gasteiger partial charge in [-0.05, 0) is 51.7 Å². The number of likely N-dealkylation sites (tertiary alicyclic amines) is 1. The second kappa shape index (κ2) is 7.85. The molecular weight excluding hydrogens is 220 g/mol. The van der Waals surface area contributed by atoms with Gasteiger partial charge in [-0.25, -0.2) is 0 Å². The molecule has 4 heteroatoms. The third kappa shape index (κ3) is 4.66. The summed E-state index contributed by atoms with van der Waals surface area (Å²) in [5, 5.41) is 4.24. The average Bonchev–Trinajstić information content (AvgIpc) is 2.29. The largest absolute Gasteiger partial charge is 0.382 e. The Morgan fingerprint density at radius 1 is 1.50 bits per heavy atom. The Labute approximate surface area is 105 Å². The van der Waals surface area contributed by atoms with E-state index in [1.54, 1.807) is 0 Å². The number of nitrogens with zero attached hydrogens (tertiary/aromatic N) is 1. The molecule has 3 nitrogen and oxygen atoms in total. The van der Waals surface area contributed by atoms with Gasteiger partial charge in [0.2, 0.25) is 0 Å². The van der Waals surface area contributed by atoms with Crippen LogP contribution in [0.15, 0.2) is 0 Å². The number of ether oxygens (including phenoxy) is 1. The Morgan fingerprint density at radius 3 is 3.00 bits per heavy atom. The van der Waals surface area contributed by atoms with Crippen LogP contribution in [0.25, 0.3) is 0 Å². The number of rotatable bonds is 5. The van der Waals surface area contributed by atoms with Crippen molar-refractivity contribution in [1.82, 2.24) is 10.2 Å². The molecule has 0 aliphatic carbocycles. The zero-order valence-electron chi connectivity index (χ0n) is 10.5. The van der Waals surface area contributed by atoms with Gasteiger partial charge in [-0.2, -0.15) is 0 Å². The number of nitrogens with one attached hydrogen (secondary N) is 1. The zero-order chi connectivity index (χ0) is 11.8. The molecule has 0 spiro atoms. The lowest BCUT2D eigenvalue weighted by Gasteiger charge is -2.35. The molecule has 0 saturated carbocycles. The summed E-state index contributed by atoms with van der Waals surface area (Å²) in [5.74, 6) is 0. The van der Waals surface area contributed by atoms with Gasteiger partial charge in [0.15, 0.2) is 5.11 Å². The first-order chi connectivity index (χ1) is 7.75. The van der Waals surface area contributed by atoms with Crippen LogP contribution >= 0.6 is 12.2 Å². The van der Waals surface area contributed by atoms with Gasteiger partial charge < -0.3 is 15.0 Å². The zero-order valence-corrected chi connectivity index (χ0v) is 11.3. The molecule has 1 unspecified atom stereocenters. The van der Waals surface area contributed by atoms with Crippen molar-refractivity contribution < 1.29 is 4.74 Å². The van der Waals surface area contributed by atoms with Gasteiger partial charge in [-0.15, -0.1) is 0 Å². The highest BCUT2D eigenvalue weighted by atomic mass is 32.1. The summed E-state index contributed by atoms with van der Waals surface area (Å²) in [5.41, 5.74) is 0. The molecule has 0 aromatic heterocycles. The Kier molecular flexibility index (Phi) is 6.73. The first kappa shape index (κ1) is 13.7. The monoisotopic (exact) mass is 244 g/mol. The molecule has 0 aromatic carbocycles. The van der Waals surface area contributed by atoms with Crippen LogP contribution in [0.1, 0.15) is 39.5 Å². The van der Waals surface area contributed by atoms with Crippen molar-refractivity contribution in [3.05, 3.63) is 0 Å². The molecule has 1 atom stereocenters. The Morgan fingerprint density at radius 2 is 2.31 bits per heavy atom. The van der Waals surface area contributed by atoms with Crippen LogP contribution in [0, 0.1) is 0 Å². The van der Waals surface area contributed by atoms with Crippen LogP contribution in [-0.2, 0) is 4.74 Å². The normalized spacial score (nSPS) is 20.9. The Balaban J connectivity index is 2.13. The van der Waals surface area contributed by atoms with Gasteiger partial charge in [0, 0.05) is 32.3 Å². The molecule has 0 bridgehead atoms. The third-order valence-corrected chi connectivity index (χ3v) is 3.39. The molecule has 1 heterocycles. The lowest BCUT2D eigenvalue weighted by atomic mass is 10.0. The minimum absolute atomic E-state index is 0.598. The molecule has 1 aliphatic heterocycles. The number of hydrogen-bond acceptors (Lipinski definition) is 2. The van der Waals surface area contributed by atoms with Gasteiger partial charge in [0.25, 0.3) is 0 Å². The predicted octanol–water partition coefficient (Wildman–Crippen LogP) is 2.16. The van der Waals surface area contributed by atoms with E-state index in [0.717, 1.165) is 37.8 Å². The molecule has 16 heavy (non-hydrogen) atoms. The van der Waals surface area contributed by atoms with E-state index >= 15 is 0 Å². The van der Waals surface area contributed by atoms with Crippen molar-refractivity contribution in [2.24, 2.45) is 0 Å². The molecule has 1 rings (SSSR count). The Hall–Kier alpha value is -0.350. The smallest absolute Gasteiger partial charge is 0.169 e. The summed E-state index contributed by atoms with van der Waals surface area (Å²) in [7, 11) is 0. The van der Waals surface area contributed by atoms with Gasteiger partial charge in [-0.3, -0.25) is 0 Å². The number of thiocarbonyl (C=S) groups is 1. The molecule has 0 amide bonds. The van der Waals surface area contributed by atoms with Crippen LogP contribution in [-0.4, -0.2) is 42.4 Å². The highest BCUT2D eigenvalue weighted by Gasteiger charge is 2.19. The second-order valence-corrected chi connectivity index (χ2v) is 4.71. The third-order valence-electron chi connectivity index (χ3n) is 3.01. The first-order valence-corrected chi connectivity index (χ1v) is 6.78. The molecule has 1 fully saturated rings. The maximum Gasteiger partial charge on any atom is 0.169 e. The quantitative estimate of drug-likeness (QED) is 0.592. The molecular formula is C12H24N2OS. The number of piperidine rings is 1. The topological polar surface area (TPSA) is 24.5 Å². The van der Waals surface area contributed by atoms with E-state index in [-0.39, 0.29) is 0 Å². The summed E-state index contributed by atoms with van der Waals surface area (Å²) in [6.45, 7) is 7.93. The minimum Gasteiger partial charge on any atom is -0.382 e. The van der Waals surface area contributed by atoms with E-state index in [9.17, 15) is 0 Å². The van der Waals surface area contributed by atoms with Gasteiger partial charge in [-0.1, -0.05) is 0 Å². The fraction of sp³-hybridized carbons (Fsp3) is 0.917. The lowest BCUT2D eigenvalue weighted by Crippen LogP contribution is -2.47. The van der Waals surface area contributed by atoms with Crippen molar-refractivity contribution in [3.8, 4) is 0 Å². The Bertz CT molecular complexity index is 211. The van der Waals surface area contributed by atoms with E-state index in [2.05, 4.69) is 17.1 Å². The molecule has 0 aromatic rings. The highest BCUT2D eigenvalue weighted by molar-refractivity contribution is 7.80. The summed E-state index contributed by atoms with van der Waals surface area (Å²) in [4.78, 5) is 2.32. The van der Waals surface area contributed by atoms with Crippen LogP contribution < -0.4 is 5.32 Å². The lowest BCUT2D eigenvalue weighted by molar-refractivity contribution is 0.145. The highest BCUT2D eigenvalue weighted by Crippen LogP contribution is 2.16. The second-order valence-electron chi connectivity index (χ2n) is 4.32. The predicted molar refractivity (Wildman–Crippen MR) is 71.7 cm³/mol. The fourth-order valence-electron chi connectivity index (χ4n) is 2.02. The van der Waals surface area contributed by atoms with Crippen molar-refractivity contribution >= 4 is 17.3 Å². The summed E-state index contributed by atoms with van der Waals surface area (Å²) < 4.78 is 5.29. The van der Waals surface area contributed by atoms with Gasteiger partial charge in [0.1, 0.15) is 0 Å². The first-order valence-electron chi connectivity index (χ1n) is 6.38. The SMILES string of the molecule is CCOCCCNC(=S)N1CCCCC1C. The van der Waals surface area contributed by atoms with Crippen LogP contribution in [0.5, 0.6) is 0 Å². The summed E-state index contributed by atoms with van der Waals surface area (Å²) in [6.07, 6.45) is 4.90. The maximum atomic E-state index is 5.40. The molecule has 0 radical (unpaired) electrons. The average molecular weight is 244 g/mol. The van der Waals surface area contributed by atoms with Crippen molar-refractivity contribution in [2.45, 2.75) is 45.6 Å². The number of hydrogen-bond donors (Lipinski definition) is 1. The molecule has 94 valence electrons. The van der Waals surface area contributed by atoms with Gasteiger partial charge in [0.05, 0.1) is 0 Å². The van der Waals surface area contributed by atoms with E-state index in [1.165, 1.54) is 19.3 Å². The molecule has 1 saturated heterocycles. The van der Waals surface area contributed by atoms with Crippen LogP contribution in [0.4, 0.5) is 0 Å². The van der Waals surface area contributed by atoms with E-state index < -0.39 is 0 Å². The standard InChI is InChI=1S/C12H24N2OS/c1-3-15-10-6-8-13-12(16)14-9-5-4-7-11(14)2/h11H,3-10H2,1-2H3,(H,13,16). The maximum absolute atomic E-state index is 5.40. The van der Waals surface area contributed by atoms with Crippen molar-refractivity contribution in [1.29, 1.82) is 0 Å². The van der Waals surface area contributed by atoms with Gasteiger partial charge >= 0.3 is 0 Å². The van der Waals surface area contributed by atoms with Crippen LogP contribution in [0.2, 0.25) is 0 Å². The van der Waals surface area contributed by atoms with Crippen LogP contribution in [0.3, 0.4) is 0 Å². The summed E-state index contributed by atoms with van der Waals surface area (Å²) in [6, 6.07) is 0.598. The van der Waals surface area contributed by atoms with Crippen molar-refractivity contribution in [3.63, 3.8) is 0 Å². The van der Waals surface area contributed by atoms with Crippen molar-refractivity contribution in [2.75, 3.05) is 26.3 Å². The molecule has 1 N–H and O–H groups in total. The van der Waals surface area contributed by atoms with E-state index in [4.69, 9.17) is 17.0 Å². The minimum atomic E-state index is 0.598. The van der Waals surface area contributed by atoms with E-state index in [1.807, 2.05) is 6.92 Å². The fourth-order valence-corrected chi connectivity index (χ4v) is 2.39. The molecule has 1 aliphatic rings.